The minimum absolute atomic E-state index is 0. The first-order valence-electron chi connectivity index (χ1n) is 6.58. The molecule has 0 spiro atoms. The molecule has 2 heterocycles. The summed E-state index contributed by atoms with van der Waals surface area (Å²) in [5.41, 5.74) is 0.937. The van der Waals surface area contributed by atoms with Gasteiger partial charge in [-0.25, -0.2) is 0 Å². The van der Waals surface area contributed by atoms with Crippen molar-refractivity contribution in [2.75, 3.05) is 13.7 Å². The van der Waals surface area contributed by atoms with Crippen LogP contribution in [0, 0.1) is 0 Å². The number of benzene rings is 1. The van der Waals surface area contributed by atoms with Gasteiger partial charge in [0.1, 0.15) is 5.75 Å². The SMILES string of the molecule is COc1ccc(-c2noc(C3CCCCN3)n2)cc1.Cl. The maximum absolute atomic E-state index is 5.36. The molecular weight excluding hydrogens is 278 g/mol. The van der Waals surface area contributed by atoms with Crippen LogP contribution in [-0.4, -0.2) is 23.8 Å². The molecule has 1 aliphatic rings. The van der Waals surface area contributed by atoms with Gasteiger partial charge >= 0.3 is 0 Å². The van der Waals surface area contributed by atoms with Gasteiger partial charge in [-0.1, -0.05) is 11.6 Å². The van der Waals surface area contributed by atoms with Crippen LogP contribution >= 0.6 is 12.4 Å². The smallest absolute Gasteiger partial charge is 0.244 e. The first-order chi connectivity index (χ1) is 9.36. The van der Waals surface area contributed by atoms with Crippen molar-refractivity contribution in [2.45, 2.75) is 25.3 Å². The van der Waals surface area contributed by atoms with Crippen LogP contribution in [0.15, 0.2) is 28.8 Å². The third-order valence-electron chi connectivity index (χ3n) is 3.40. The predicted octanol–water partition coefficient (Wildman–Crippen LogP) is 2.98. The van der Waals surface area contributed by atoms with Crippen LogP contribution in [0.5, 0.6) is 5.75 Å². The fourth-order valence-electron chi connectivity index (χ4n) is 2.30. The topological polar surface area (TPSA) is 60.2 Å². The molecule has 5 nitrogen and oxygen atoms in total. The Labute approximate surface area is 124 Å². The zero-order valence-electron chi connectivity index (χ0n) is 11.3. The monoisotopic (exact) mass is 295 g/mol. The lowest BCUT2D eigenvalue weighted by atomic mass is 10.1. The molecule has 1 fully saturated rings. The minimum atomic E-state index is 0. The van der Waals surface area contributed by atoms with Crippen LogP contribution in [-0.2, 0) is 0 Å². The fraction of sp³-hybridized carbons (Fsp3) is 0.429. The Kier molecular flexibility index (Phi) is 4.98. The number of hydrogen-bond donors (Lipinski definition) is 1. The highest BCUT2D eigenvalue weighted by molar-refractivity contribution is 5.85. The van der Waals surface area contributed by atoms with Crippen molar-refractivity contribution < 1.29 is 9.26 Å². The molecule has 108 valence electrons. The molecule has 0 saturated carbocycles. The number of methoxy groups -OCH3 is 1. The molecule has 0 aliphatic carbocycles. The van der Waals surface area contributed by atoms with Crippen molar-refractivity contribution in [3.63, 3.8) is 0 Å². The van der Waals surface area contributed by atoms with Gasteiger partial charge in [-0.15, -0.1) is 12.4 Å². The number of halogens is 1. The maximum atomic E-state index is 5.36. The first-order valence-corrected chi connectivity index (χ1v) is 6.58. The molecule has 1 saturated heterocycles. The summed E-state index contributed by atoms with van der Waals surface area (Å²) in [4.78, 5) is 4.48. The number of aromatic nitrogens is 2. The van der Waals surface area contributed by atoms with E-state index in [9.17, 15) is 0 Å². The van der Waals surface area contributed by atoms with Crippen molar-refractivity contribution in [3.05, 3.63) is 30.2 Å². The van der Waals surface area contributed by atoms with Crippen molar-refractivity contribution in [3.8, 4) is 17.1 Å². The molecule has 20 heavy (non-hydrogen) atoms. The summed E-state index contributed by atoms with van der Waals surface area (Å²) >= 11 is 0. The van der Waals surface area contributed by atoms with E-state index in [1.54, 1.807) is 7.11 Å². The van der Waals surface area contributed by atoms with E-state index in [4.69, 9.17) is 9.26 Å². The van der Waals surface area contributed by atoms with Gasteiger partial charge in [0, 0.05) is 5.56 Å². The third kappa shape index (κ3) is 3.11. The summed E-state index contributed by atoms with van der Waals surface area (Å²) in [6.45, 7) is 1.02. The van der Waals surface area contributed by atoms with E-state index in [1.165, 1.54) is 12.8 Å². The summed E-state index contributed by atoms with van der Waals surface area (Å²) in [6.07, 6.45) is 3.48. The number of piperidine rings is 1. The lowest BCUT2D eigenvalue weighted by Gasteiger charge is -2.19. The maximum Gasteiger partial charge on any atom is 0.244 e. The Bertz CT molecular complexity index is 536. The summed E-state index contributed by atoms with van der Waals surface area (Å²) in [5, 5.41) is 7.45. The quantitative estimate of drug-likeness (QED) is 0.943. The standard InChI is InChI=1S/C14H17N3O2.ClH/c1-18-11-7-5-10(6-8-11)13-16-14(19-17-13)12-4-2-3-9-15-12;/h5-8,12,15H,2-4,9H2,1H3;1H. The number of rotatable bonds is 3. The van der Waals surface area contributed by atoms with Crippen molar-refractivity contribution in [1.82, 2.24) is 15.5 Å². The molecule has 0 bridgehead atoms. The second-order valence-electron chi connectivity index (χ2n) is 4.69. The molecule has 0 radical (unpaired) electrons. The number of hydrogen-bond acceptors (Lipinski definition) is 5. The van der Waals surface area contributed by atoms with Crippen LogP contribution in [0.4, 0.5) is 0 Å². The highest BCUT2D eigenvalue weighted by Gasteiger charge is 2.21. The Morgan fingerprint density at radius 3 is 2.70 bits per heavy atom. The van der Waals surface area contributed by atoms with Gasteiger partial charge in [0.05, 0.1) is 13.2 Å². The van der Waals surface area contributed by atoms with Crippen molar-refractivity contribution in [1.29, 1.82) is 0 Å². The van der Waals surface area contributed by atoms with Gasteiger partial charge in [0.2, 0.25) is 11.7 Å². The van der Waals surface area contributed by atoms with E-state index < -0.39 is 0 Å². The van der Waals surface area contributed by atoms with Gasteiger partial charge in [0.15, 0.2) is 0 Å². The number of nitrogens with zero attached hydrogens (tertiary/aromatic N) is 2. The number of nitrogens with one attached hydrogen (secondary N) is 1. The van der Waals surface area contributed by atoms with Gasteiger partial charge in [-0.2, -0.15) is 4.98 Å². The number of ether oxygens (including phenoxy) is 1. The van der Waals surface area contributed by atoms with Crippen molar-refractivity contribution >= 4 is 12.4 Å². The predicted molar refractivity (Wildman–Crippen MR) is 78.1 cm³/mol. The lowest BCUT2D eigenvalue weighted by Crippen LogP contribution is -2.26. The molecule has 1 aromatic carbocycles. The van der Waals surface area contributed by atoms with Gasteiger partial charge in [-0.05, 0) is 43.7 Å². The first kappa shape index (κ1) is 14.8. The van der Waals surface area contributed by atoms with E-state index in [1.807, 2.05) is 24.3 Å². The molecule has 6 heteroatoms. The highest BCUT2D eigenvalue weighted by Crippen LogP contribution is 2.25. The molecule has 0 amide bonds. The summed E-state index contributed by atoms with van der Waals surface area (Å²) < 4.78 is 10.5. The molecule has 1 aromatic heterocycles. The van der Waals surface area contributed by atoms with Gasteiger partial charge in [0.25, 0.3) is 0 Å². The normalized spacial score (nSPS) is 18.4. The van der Waals surface area contributed by atoms with E-state index in [2.05, 4.69) is 15.5 Å². The van der Waals surface area contributed by atoms with Crippen LogP contribution in [0.1, 0.15) is 31.2 Å². The van der Waals surface area contributed by atoms with E-state index in [-0.39, 0.29) is 18.4 Å². The van der Waals surface area contributed by atoms with E-state index in [0.717, 1.165) is 24.3 Å². The van der Waals surface area contributed by atoms with Crippen LogP contribution < -0.4 is 10.1 Å². The highest BCUT2D eigenvalue weighted by atomic mass is 35.5. The largest absolute Gasteiger partial charge is 0.497 e. The van der Waals surface area contributed by atoms with Crippen molar-refractivity contribution in [2.24, 2.45) is 0 Å². The second kappa shape index (κ2) is 6.72. The van der Waals surface area contributed by atoms with Crippen LogP contribution in [0.25, 0.3) is 11.4 Å². The average Bonchev–Trinajstić information content (AvgIpc) is 2.98. The average molecular weight is 296 g/mol. The summed E-state index contributed by atoms with van der Waals surface area (Å²) in [5.74, 6) is 2.14. The fourth-order valence-corrected chi connectivity index (χ4v) is 2.30. The van der Waals surface area contributed by atoms with E-state index >= 15 is 0 Å². The van der Waals surface area contributed by atoms with Crippen LogP contribution in [0.3, 0.4) is 0 Å². The van der Waals surface area contributed by atoms with E-state index in [0.29, 0.717) is 11.7 Å². The third-order valence-corrected chi connectivity index (χ3v) is 3.40. The molecular formula is C14H18ClN3O2. The Morgan fingerprint density at radius 1 is 1.25 bits per heavy atom. The molecule has 3 rings (SSSR count). The minimum Gasteiger partial charge on any atom is -0.497 e. The van der Waals surface area contributed by atoms with Crippen LogP contribution in [0.2, 0.25) is 0 Å². The summed E-state index contributed by atoms with van der Waals surface area (Å²) in [6, 6.07) is 7.85. The molecule has 1 atom stereocenters. The molecule has 1 unspecified atom stereocenters. The zero-order valence-corrected chi connectivity index (χ0v) is 12.2. The van der Waals surface area contributed by atoms with Gasteiger partial charge in [-0.3, -0.25) is 0 Å². The molecule has 1 aliphatic heterocycles. The Morgan fingerprint density at radius 2 is 2.05 bits per heavy atom. The molecule has 2 aromatic rings. The second-order valence-corrected chi connectivity index (χ2v) is 4.69. The molecule has 1 N–H and O–H groups in total. The Balaban J connectivity index is 0.00000147. The zero-order chi connectivity index (χ0) is 13.1. The van der Waals surface area contributed by atoms with Gasteiger partial charge < -0.3 is 14.6 Å². The summed E-state index contributed by atoms with van der Waals surface area (Å²) in [7, 11) is 1.65. The Hall–Kier alpha value is -1.59. The lowest BCUT2D eigenvalue weighted by molar-refractivity contribution is 0.297.